The molecule has 2 aliphatic rings. The summed E-state index contributed by atoms with van der Waals surface area (Å²) < 4.78 is 7.10. The van der Waals surface area contributed by atoms with E-state index in [1.54, 1.807) is 21.8 Å². The van der Waals surface area contributed by atoms with Crippen molar-refractivity contribution in [1.82, 2.24) is 19.5 Å². The maximum Gasteiger partial charge on any atom is 0.434 e. The standard InChI is InChI=1S/C16H22N6O3/c23-16(21-5-2-1-3-6-21)25-19-14-12-13(20-8-10-24-11-9-20)15-17-4-7-22(15)18-14/h4,7,12H,1-3,5-6,8-11H2,(H,18,19). The summed E-state index contributed by atoms with van der Waals surface area (Å²) in [5, 5.41) is 4.40. The largest absolute Gasteiger partial charge is 0.434 e. The third-order valence-electron chi connectivity index (χ3n) is 4.55. The Morgan fingerprint density at radius 1 is 1.16 bits per heavy atom. The summed E-state index contributed by atoms with van der Waals surface area (Å²) in [6, 6.07) is 1.86. The van der Waals surface area contributed by atoms with Gasteiger partial charge in [-0.3, -0.25) is 0 Å². The van der Waals surface area contributed by atoms with Crippen LogP contribution in [0.3, 0.4) is 0 Å². The lowest BCUT2D eigenvalue weighted by Gasteiger charge is -2.29. The summed E-state index contributed by atoms with van der Waals surface area (Å²) >= 11 is 0. The van der Waals surface area contributed by atoms with Crippen molar-refractivity contribution in [3.63, 3.8) is 0 Å². The van der Waals surface area contributed by atoms with Gasteiger partial charge in [0.25, 0.3) is 0 Å². The van der Waals surface area contributed by atoms with Gasteiger partial charge in [-0.25, -0.2) is 14.3 Å². The molecule has 0 radical (unpaired) electrons. The molecular weight excluding hydrogens is 324 g/mol. The maximum absolute atomic E-state index is 12.1. The Morgan fingerprint density at radius 3 is 2.76 bits per heavy atom. The molecule has 0 unspecified atom stereocenters. The fraction of sp³-hybridized carbons (Fsp3) is 0.562. The molecule has 25 heavy (non-hydrogen) atoms. The van der Waals surface area contributed by atoms with Crippen LogP contribution >= 0.6 is 0 Å². The number of rotatable bonds is 3. The Morgan fingerprint density at radius 2 is 1.96 bits per heavy atom. The molecule has 4 heterocycles. The highest BCUT2D eigenvalue weighted by Crippen LogP contribution is 2.24. The Kier molecular flexibility index (Phi) is 4.55. The lowest BCUT2D eigenvalue weighted by molar-refractivity contribution is 0.114. The first-order valence-corrected chi connectivity index (χ1v) is 8.70. The van der Waals surface area contributed by atoms with Gasteiger partial charge in [-0.05, 0) is 19.3 Å². The number of nitrogens with zero attached hydrogens (tertiary/aromatic N) is 5. The quantitative estimate of drug-likeness (QED) is 0.844. The predicted octanol–water partition coefficient (Wildman–Crippen LogP) is 1.52. The van der Waals surface area contributed by atoms with Crippen molar-refractivity contribution >= 4 is 23.2 Å². The minimum atomic E-state index is -0.361. The van der Waals surface area contributed by atoms with Crippen molar-refractivity contribution in [3.05, 3.63) is 18.5 Å². The summed E-state index contributed by atoms with van der Waals surface area (Å²) in [5.41, 5.74) is 4.41. The Hall–Kier alpha value is -2.55. The molecule has 2 aromatic rings. The molecule has 2 aromatic heterocycles. The number of morpholine rings is 1. The summed E-state index contributed by atoms with van der Waals surface area (Å²) in [7, 11) is 0. The summed E-state index contributed by atoms with van der Waals surface area (Å²) in [6.45, 7) is 4.43. The predicted molar refractivity (Wildman–Crippen MR) is 91.5 cm³/mol. The Balaban J connectivity index is 1.50. The second-order valence-electron chi connectivity index (χ2n) is 6.23. The molecule has 9 heteroatoms. The Labute approximate surface area is 145 Å². The van der Waals surface area contributed by atoms with Crippen molar-refractivity contribution in [3.8, 4) is 0 Å². The highest BCUT2D eigenvalue weighted by molar-refractivity contribution is 5.73. The van der Waals surface area contributed by atoms with E-state index in [1.165, 1.54) is 6.42 Å². The van der Waals surface area contributed by atoms with Crippen molar-refractivity contribution in [2.24, 2.45) is 0 Å². The molecule has 0 spiro atoms. The van der Waals surface area contributed by atoms with Gasteiger partial charge in [0.2, 0.25) is 0 Å². The molecule has 0 aliphatic carbocycles. The second-order valence-corrected chi connectivity index (χ2v) is 6.23. The van der Waals surface area contributed by atoms with Crippen LogP contribution < -0.4 is 10.4 Å². The van der Waals surface area contributed by atoms with Gasteiger partial charge < -0.3 is 19.4 Å². The number of fused-ring (bicyclic) bond motifs is 1. The Bertz CT molecular complexity index is 737. The number of carbonyl (C=O) groups is 1. The van der Waals surface area contributed by atoms with E-state index >= 15 is 0 Å². The van der Waals surface area contributed by atoms with E-state index in [1.807, 2.05) is 6.07 Å². The molecule has 134 valence electrons. The molecule has 2 fully saturated rings. The monoisotopic (exact) mass is 346 g/mol. The van der Waals surface area contributed by atoms with Crippen LogP contribution in [0.2, 0.25) is 0 Å². The highest BCUT2D eigenvalue weighted by atomic mass is 16.7. The minimum absolute atomic E-state index is 0.361. The van der Waals surface area contributed by atoms with E-state index in [4.69, 9.17) is 9.57 Å². The van der Waals surface area contributed by atoms with Crippen LogP contribution in [0.4, 0.5) is 16.3 Å². The zero-order valence-electron chi connectivity index (χ0n) is 14.1. The number of aromatic nitrogens is 3. The molecule has 2 aliphatic heterocycles. The van der Waals surface area contributed by atoms with Crippen molar-refractivity contribution < 1.29 is 14.4 Å². The molecule has 0 atom stereocenters. The molecule has 2 saturated heterocycles. The number of ether oxygens (including phenoxy) is 1. The third kappa shape index (κ3) is 3.46. The molecule has 0 aromatic carbocycles. The van der Waals surface area contributed by atoms with Crippen LogP contribution in [-0.4, -0.2) is 65.0 Å². The van der Waals surface area contributed by atoms with Crippen LogP contribution in [0.15, 0.2) is 18.5 Å². The fourth-order valence-corrected chi connectivity index (χ4v) is 3.22. The lowest BCUT2D eigenvalue weighted by atomic mass is 10.1. The number of imidazole rings is 1. The average molecular weight is 346 g/mol. The number of hydrogen-bond donors (Lipinski definition) is 1. The van der Waals surface area contributed by atoms with Crippen LogP contribution in [0.1, 0.15) is 19.3 Å². The topological polar surface area (TPSA) is 84.2 Å². The lowest BCUT2D eigenvalue weighted by Crippen LogP contribution is -2.37. The van der Waals surface area contributed by atoms with E-state index in [2.05, 4.69) is 20.5 Å². The molecule has 9 nitrogen and oxygen atoms in total. The number of carbonyl (C=O) groups excluding carboxylic acids is 1. The van der Waals surface area contributed by atoms with Gasteiger partial charge in [-0.15, -0.1) is 5.10 Å². The van der Waals surface area contributed by atoms with Crippen LogP contribution in [0.5, 0.6) is 0 Å². The van der Waals surface area contributed by atoms with Crippen molar-refractivity contribution in [2.75, 3.05) is 49.8 Å². The first-order valence-electron chi connectivity index (χ1n) is 8.70. The molecule has 4 rings (SSSR count). The van der Waals surface area contributed by atoms with Crippen LogP contribution in [0.25, 0.3) is 5.65 Å². The number of likely N-dealkylation sites (tertiary alicyclic amines) is 1. The van der Waals surface area contributed by atoms with Crippen molar-refractivity contribution in [1.29, 1.82) is 0 Å². The average Bonchev–Trinajstić information content (AvgIpc) is 3.15. The van der Waals surface area contributed by atoms with E-state index in [-0.39, 0.29) is 6.09 Å². The molecular formula is C16H22N6O3. The highest BCUT2D eigenvalue weighted by Gasteiger charge is 2.20. The smallest absolute Gasteiger partial charge is 0.378 e. The third-order valence-corrected chi connectivity index (χ3v) is 4.55. The second kappa shape index (κ2) is 7.14. The molecule has 1 N–H and O–H groups in total. The first-order chi connectivity index (χ1) is 12.3. The zero-order valence-corrected chi connectivity index (χ0v) is 14.1. The van der Waals surface area contributed by atoms with E-state index < -0.39 is 0 Å². The normalized spacial score (nSPS) is 18.4. The molecule has 1 amide bonds. The van der Waals surface area contributed by atoms with Gasteiger partial charge in [0.05, 0.1) is 18.9 Å². The molecule has 0 bridgehead atoms. The van der Waals surface area contributed by atoms with Gasteiger partial charge in [0.1, 0.15) is 0 Å². The maximum atomic E-state index is 12.1. The van der Waals surface area contributed by atoms with E-state index in [9.17, 15) is 4.79 Å². The molecule has 0 saturated carbocycles. The van der Waals surface area contributed by atoms with Gasteiger partial charge >= 0.3 is 6.09 Å². The number of piperidine rings is 1. The summed E-state index contributed by atoms with van der Waals surface area (Å²) in [5.74, 6) is 0.470. The van der Waals surface area contributed by atoms with E-state index in [0.29, 0.717) is 19.0 Å². The van der Waals surface area contributed by atoms with Crippen molar-refractivity contribution in [2.45, 2.75) is 19.3 Å². The van der Waals surface area contributed by atoms with Gasteiger partial charge in [0, 0.05) is 44.6 Å². The number of hydrogen-bond acceptors (Lipinski definition) is 7. The number of nitrogens with one attached hydrogen (secondary N) is 1. The number of amides is 1. The van der Waals surface area contributed by atoms with Gasteiger partial charge in [-0.2, -0.15) is 5.48 Å². The van der Waals surface area contributed by atoms with Gasteiger partial charge in [0.15, 0.2) is 11.5 Å². The van der Waals surface area contributed by atoms with E-state index in [0.717, 1.165) is 50.4 Å². The number of anilines is 2. The van der Waals surface area contributed by atoms with Crippen LogP contribution in [0, 0.1) is 0 Å². The summed E-state index contributed by atoms with van der Waals surface area (Å²) in [4.78, 5) is 25.7. The van der Waals surface area contributed by atoms with Gasteiger partial charge in [-0.1, -0.05) is 0 Å². The van der Waals surface area contributed by atoms with Crippen LogP contribution in [-0.2, 0) is 9.57 Å². The summed E-state index contributed by atoms with van der Waals surface area (Å²) in [6.07, 6.45) is 6.33. The zero-order chi connectivity index (χ0) is 17.1. The first kappa shape index (κ1) is 15.9. The fourth-order valence-electron chi connectivity index (χ4n) is 3.22. The SMILES string of the molecule is O=C(ONc1cc(N2CCOCC2)c2nccn2n1)N1CCCCC1. The minimum Gasteiger partial charge on any atom is -0.378 e.